The summed E-state index contributed by atoms with van der Waals surface area (Å²) in [6, 6.07) is 10.1. The average molecular weight is 411 g/mol. The highest BCUT2D eigenvalue weighted by Crippen LogP contribution is 2.33. The van der Waals surface area contributed by atoms with Gasteiger partial charge >= 0.3 is 0 Å². The summed E-state index contributed by atoms with van der Waals surface area (Å²) in [6.45, 7) is 0.652. The fourth-order valence-corrected chi connectivity index (χ4v) is 3.76. The van der Waals surface area contributed by atoms with Gasteiger partial charge in [0.2, 0.25) is 0 Å². The van der Waals surface area contributed by atoms with E-state index in [1.165, 1.54) is 0 Å². The number of ether oxygens (including phenoxy) is 1. The molecule has 21 heavy (non-hydrogen) atoms. The van der Waals surface area contributed by atoms with Gasteiger partial charge in [0, 0.05) is 22.0 Å². The van der Waals surface area contributed by atoms with Crippen LogP contribution in [-0.4, -0.2) is 17.3 Å². The van der Waals surface area contributed by atoms with E-state index in [1.54, 1.807) is 7.11 Å². The Kier molecular flexibility index (Phi) is 4.17. The molecule has 1 aromatic heterocycles. The summed E-state index contributed by atoms with van der Waals surface area (Å²) < 4.78 is 7.40. The topological polar surface area (TPSA) is 49.9 Å². The molecular formula is C15H13Br2N3O. The Morgan fingerprint density at radius 1 is 1.29 bits per heavy atom. The van der Waals surface area contributed by atoms with Crippen LogP contribution >= 0.6 is 31.9 Å². The quantitative estimate of drug-likeness (QED) is 0.654. The van der Waals surface area contributed by atoms with Crippen molar-refractivity contribution in [3.8, 4) is 5.75 Å². The van der Waals surface area contributed by atoms with E-state index in [-0.39, 0.29) is 0 Å². The van der Waals surface area contributed by atoms with Crippen molar-refractivity contribution in [1.82, 2.24) is 10.2 Å². The summed E-state index contributed by atoms with van der Waals surface area (Å²) in [5.74, 6) is 0.836. The molecule has 0 saturated carbocycles. The molecule has 108 valence electrons. The van der Waals surface area contributed by atoms with Crippen LogP contribution in [0.2, 0.25) is 0 Å². The Labute approximate surface area is 139 Å². The molecule has 0 atom stereocenters. The van der Waals surface area contributed by atoms with E-state index in [0.29, 0.717) is 6.54 Å². The third-order valence-electron chi connectivity index (χ3n) is 3.24. The molecule has 2 N–H and O–H groups in total. The van der Waals surface area contributed by atoms with Crippen LogP contribution in [0.3, 0.4) is 0 Å². The van der Waals surface area contributed by atoms with Crippen LogP contribution in [0.5, 0.6) is 5.75 Å². The van der Waals surface area contributed by atoms with Crippen LogP contribution in [0.4, 0.5) is 5.69 Å². The van der Waals surface area contributed by atoms with E-state index >= 15 is 0 Å². The van der Waals surface area contributed by atoms with Crippen LogP contribution in [0, 0.1) is 0 Å². The fraction of sp³-hybridized carbons (Fsp3) is 0.133. The maximum Gasteiger partial charge on any atom is 0.138 e. The number of nitrogens with zero attached hydrogens (tertiary/aromatic N) is 1. The monoisotopic (exact) mass is 409 g/mol. The molecule has 3 rings (SSSR count). The number of hydrogen-bond acceptors (Lipinski definition) is 3. The molecule has 1 heterocycles. The van der Waals surface area contributed by atoms with Gasteiger partial charge in [-0.2, -0.15) is 5.10 Å². The highest BCUT2D eigenvalue weighted by atomic mass is 79.9. The Bertz CT molecular complexity index is 786. The molecule has 0 radical (unpaired) electrons. The minimum atomic E-state index is 0.652. The summed E-state index contributed by atoms with van der Waals surface area (Å²) in [4.78, 5) is 0. The molecule has 0 aliphatic heterocycles. The fourth-order valence-electron chi connectivity index (χ4n) is 2.28. The second kappa shape index (κ2) is 6.07. The number of aromatic nitrogens is 2. The number of halogens is 2. The lowest BCUT2D eigenvalue weighted by molar-refractivity contribution is 0.407. The largest absolute Gasteiger partial charge is 0.495 e. The normalized spacial score (nSPS) is 10.8. The minimum absolute atomic E-state index is 0.652. The Morgan fingerprint density at radius 3 is 2.95 bits per heavy atom. The second-order valence-corrected chi connectivity index (χ2v) is 6.34. The van der Waals surface area contributed by atoms with Gasteiger partial charge in [-0.15, -0.1) is 0 Å². The van der Waals surface area contributed by atoms with Crippen LogP contribution in [0.25, 0.3) is 10.9 Å². The molecule has 3 aromatic rings. The van der Waals surface area contributed by atoms with Gasteiger partial charge in [-0.1, -0.05) is 28.1 Å². The molecule has 6 heteroatoms. The zero-order valence-electron chi connectivity index (χ0n) is 11.3. The van der Waals surface area contributed by atoms with E-state index in [2.05, 4.69) is 47.4 Å². The van der Waals surface area contributed by atoms with E-state index in [0.717, 1.165) is 36.8 Å². The van der Waals surface area contributed by atoms with Gasteiger partial charge in [-0.05, 0) is 34.1 Å². The van der Waals surface area contributed by atoms with E-state index in [1.807, 2.05) is 36.5 Å². The number of methoxy groups -OCH3 is 1. The number of fused-ring (bicyclic) bond motifs is 1. The number of benzene rings is 2. The highest BCUT2D eigenvalue weighted by molar-refractivity contribution is 9.11. The summed E-state index contributed by atoms with van der Waals surface area (Å²) in [6.07, 6.45) is 1.82. The Hall–Kier alpha value is -1.53. The maximum absolute atomic E-state index is 5.46. The number of para-hydroxylation sites is 1. The van der Waals surface area contributed by atoms with Gasteiger partial charge in [-0.3, -0.25) is 5.10 Å². The molecule has 0 bridgehead atoms. The number of H-pyrrole nitrogens is 1. The van der Waals surface area contributed by atoms with Crippen LogP contribution in [0.1, 0.15) is 5.56 Å². The van der Waals surface area contributed by atoms with Crippen molar-refractivity contribution < 1.29 is 4.74 Å². The molecule has 0 spiro atoms. The SMILES string of the molecule is COc1c(Br)cc(Br)cc1CNc1cccc2cn[nH]c12. The average Bonchev–Trinajstić information content (AvgIpc) is 2.93. The lowest BCUT2D eigenvalue weighted by Crippen LogP contribution is -2.03. The van der Waals surface area contributed by atoms with Crippen molar-refractivity contribution in [2.24, 2.45) is 0 Å². The number of hydrogen-bond donors (Lipinski definition) is 2. The Morgan fingerprint density at radius 2 is 2.14 bits per heavy atom. The van der Waals surface area contributed by atoms with E-state index in [9.17, 15) is 0 Å². The molecule has 0 aliphatic rings. The van der Waals surface area contributed by atoms with Gasteiger partial charge in [0.25, 0.3) is 0 Å². The standard InChI is InChI=1S/C15H13Br2N3O/c1-21-15-10(5-11(16)6-12(15)17)7-18-13-4-2-3-9-8-19-20-14(9)13/h2-6,8,18H,7H2,1H3,(H,19,20). The van der Waals surface area contributed by atoms with Crippen molar-refractivity contribution in [2.45, 2.75) is 6.54 Å². The summed E-state index contributed by atoms with van der Waals surface area (Å²) in [5.41, 5.74) is 3.09. The van der Waals surface area contributed by atoms with E-state index in [4.69, 9.17) is 4.74 Å². The van der Waals surface area contributed by atoms with Gasteiger partial charge in [0.15, 0.2) is 0 Å². The number of aromatic amines is 1. The lowest BCUT2D eigenvalue weighted by atomic mass is 10.2. The van der Waals surface area contributed by atoms with Crippen molar-refractivity contribution in [2.75, 3.05) is 12.4 Å². The minimum Gasteiger partial charge on any atom is -0.495 e. The zero-order valence-corrected chi connectivity index (χ0v) is 14.5. The predicted octanol–water partition coefficient (Wildman–Crippen LogP) is 4.71. The third kappa shape index (κ3) is 2.91. The molecule has 0 unspecified atom stereocenters. The first-order valence-electron chi connectivity index (χ1n) is 6.37. The smallest absolute Gasteiger partial charge is 0.138 e. The summed E-state index contributed by atoms with van der Waals surface area (Å²) in [5, 5.41) is 11.6. The van der Waals surface area contributed by atoms with E-state index < -0.39 is 0 Å². The summed E-state index contributed by atoms with van der Waals surface area (Å²) >= 11 is 7.03. The molecule has 2 aromatic carbocycles. The second-order valence-electron chi connectivity index (χ2n) is 4.57. The number of nitrogens with one attached hydrogen (secondary N) is 2. The molecule has 0 fully saturated rings. The first kappa shape index (κ1) is 14.4. The highest BCUT2D eigenvalue weighted by Gasteiger charge is 2.10. The third-order valence-corrected chi connectivity index (χ3v) is 4.28. The number of anilines is 1. The first-order valence-corrected chi connectivity index (χ1v) is 7.95. The Balaban J connectivity index is 1.90. The van der Waals surface area contributed by atoms with Gasteiger partial charge in [0.1, 0.15) is 5.75 Å². The van der Waals surface area contributed by atoms with Gasteiger partial charge in [-0.25, -0.2) is 0 Å². The van der Waals surface area contributed by atoms with Crippen molar-refractivity contribution >= 4 is 48.5 Å². The zero-order chi connectivity index (χ0) is 14.8. The predicted molar refractivity (Wildman–Crippen MR) is 91.8 cm³/mol. The summed E-state index contributed by atoms with van der Waals surface area (Å²) in [7, 11) is 1.67. The first-order chi connectivity index (χ1) is 10.2. The molecule has 4 nitrogen and oxygen atoms in total. The molecular weight excluding hydrogens is 398 g/mol. The molecule has 0 amide bonds. The van der Waals surface area contributed by atoms with Gasteiger partial charge in [0.05, 0.1) is 29.0 Å². The van der Waals surface area contributed by atoms with Crippen LogP contribution in [0.15, 0.2) is 45.5 Å². The van der Waals surface area contributed by atoms with Crippen molar-refractivity contribution in [3.63, 3.8) is 0 Å². The van der Waals surface area contributed by atoms with Crippen molar-refractivity contribution in [1.29, 1.82) is 0 Å². The van der Waals surface area contributed by atoms with Crippen LogP contribution in [-0.2, 0) is 6.54 Å². The van der Waals surface area contributed by atoms with Crippen molar-refractivity contribution in [3.05, 3.63) is 51.0 Å². The molecule has 0 aliphatic carbocycles. The number of rotatable bonds is 4. The maximum atomic E-state index is 5.46. The van der Waals surface area contributed by atoms with Crippen LogP contribution < -0.4 is 10.1 Å². The van der Waals surface area contributed by atoms with Gasteiger partial charge < -0.3 is 10.1 Å². The molecule has 0 saturated heterocycles. The lowest BCUT2D eigenvalue weighted by Gasteiger charge is -2.13.